The second-order valence-corrected chi connectivity index (χ2v) is 6.32. The zero-order chi connectivity index (χ0) is 15.6. The number of ether oxygens (including phenoxy) is 1. The van der Waals surface area contributed by atoms with E-state index in [1.54, 1.807) is 13.3 Å². The molecule has 116 valence electrons. The largest absolute Gasteiger partial charge is 0.496 e. The average Bonchev–Trinajstić information content (AvgIpc) is 3.18. The zero-order valence-electron chi connectivity index (χ0n) is 12.8. The van der Waals surface area contributed by atoms with Gasteiger partial charge in [-0.25, -0.2) is 4.98 Å². The standard InChI is InChI=1S/C17H21N3OS/c1-21-15-5-4-14(17(6-7-17)16(18)22)11-13(15)3-2-9-20-10-8-19-12-20/h4-5,8,10-12H,2-3,6-7,9H2,1H3,(H2,18,22). The van der Waals surface area contributed by atoms with Gasteiger partial charge < -0.3 is 15.0 Å². The van der Waals surface area contributed by atoms with Gasteiger partial charge in [0, 0.05) is 24.4 Å². The summed E-state index contributed by atoms with van der Waals surface area (Å²) in [6.45, 7) is 0.952. The van der Waals surface area contributed by atoms with Crippen LogP contribution in [0.25, 0.3) is 0 Å². The fourth-order valence-corrected chi connectivity index (χ4v) is 3.27. The van der Waals surface area contributed by atoms with E-state index in [1.807, 2.05) is 18.6 Å². The summed E-state index contributed by atoms with van der Waals surface area (Å²) in [5.74, 6) is 0.938. The Morgan fingerprint density at radius 2 is 2.27 bits per heavy atom. The van der Waals surface area contributed by atoms with Crippen molar-refractivity contribution >= 4 is 17.2 Å². The summed E-state index contributed by atoms with van der Waals surface area (Å²) >= 11 is 5.26. The predicted octanol–water partition coefficient (Wildman–Crippen LogP) is 2.84. The number of methoxy groups -OCH3 is 1. The van der Waals surface area contributed by atoms with Gasteiger partial charge in [0.1, 0.15) is 5.75 Å². The first-order chi connectivity index (χ1) is 10.7. The highest BCUT2D eigenvalue weighted by atomic mass is 32.1. The molecule has 1 heterocycles. The maximum Gasteiger partial charge on any atom is 0.122 e. The number of aryl methyl sites for hydroxylation is 2. The first-order valence-electron chi connectivity index (χ1n) is 7.59. The molecule has 4 nitrogen and oxygen atoms in total. The molecule has 0 aliphatic heterocycles. The molecule has 5 heteroatoms. The van der Waals surface area contributed by atoms with Crippen molar-refractivity contribution in [1.29, 1.82) is 0 Å². The Hall–Kier alpha value is -1.88. The zero-order valence-corrected chi connectivity index (χ0v) is 13.6. The van der Waals surface area contributed by atoms with Crippen LogP contribution in [0.4, 0.5) is 0 Å². The lowest BCUT2D eigenvalue weighted by atomic mass is 9.93. The van der Waals surface area contributed by atoms with Crippen LogP contribution in [0.5, 0.6) is 5.75 Å². The number of hydrogen-bond acceptors (Lipinski definition) is 3. The average molecular weight is 315 g/mol. The second-order valence-electron chi connectivity index (χ2n) is 5.88. The smallest absolute Gasteiger partial charge is 0.122 e. The highest BCUT2D eigenvalue weighted by molar-refractivity contribution is 7.80. The van der Waals surface area contributed by atoms with E-state index in [2.05, 4.69) is 21.7 Å². The van der Waals surface area contributed by atoms with Crippen LogP contribution in [0.2, 0.25) is 0 Å². The number of imidazole rings is 1. The molecule has 2 aromatic rings. The Morgan fingerprint density at radius 1 is 1.45 bits per heavy atom. The molecule has 0 bridgehead atoms. The van der Waals surface area contributed by atoms with Crippen molar-refractivity contribution in [2.75, 3.05) is 7.11 Å². The van der Waals surface area contributed by atoms with Gasteiger partial charge in [-0.05, 0) is 42.9 Å². The van der Waals surface area contributed by atoms with Crippen LogP contribution in [0.3, 0.4) is 0 Å². The maximum atomic E-state index is 5.94. The van der Waals surface area contributed by atoms with Crippen LogP contribution < -0.4 is 10.5 Å². The summed E-state index contributed by atoms with van der Waals surface area (Å²) in [7, 11) is 1.72. The van der Waals surface area contributed by atoms with E-state index in [1.165, 1.54) is 11.1 Å². The number of aromatic nitrogens is 2. The Morgan fingerprint density at radius 3 is 2.86 bits per heavy atom. The summed E-state index contributed by atoms with van der Waals surface area (Å²) in [4.78, 5) is 4.68. The monoisotopic (exact) mass is 315 g/mol. The number of thiocarbonyl (C=S) groups is 1. The number of hydrogen-bond donors (Lipinski definition) is 1. The van der Waals surface area contributed by atoms with Crippen molar-refractivity contribution in [2.45, 2.75) is 37.6 Å². The molecule has 2 N–H and O–H groups in total. The summed E-state index contributed by atoms with van der Waals surface area (Å²) in [5, 5.41) is 0. The second kappa shape index (κ2) is 6.08. The fourth-order valence-electron chi connectivity index (χ4n) is 2.95. The van der Waals surface area contributed by atoms with Gasteiger partial charge in [-0.3, -0.25) is 0 Å². The summed E-state index contributed by atoms with van der Waals surface area (Å²) < 4.78 is 7.59. The fraction of sp³-hybridized carbons (Fsp3) is 0.412. The predicted molar refractivity (Wildman–Crippen MR) is 91.2 cm³/mol. The summed E-state index contributed by atoms with van der Waals surface area (Å²) in [6, 6.07) is 6.36. The van der Waals surface area contributed by atoms with Gasteiger partial charge in [0.15, 0.2) is 0 Å². The normalized spacial score (nSPS) is 15.5. The van der Waals surface area contributed by atoms with E-state index < -0.39 is 0 Å². The van der Waals surface area contributed by atoms with Crippen LogP contribution in [-0.4, -0.2) is 21.6 Å². The van der Waals surface area contributed by atoms with Crippen molar-refractivity contribution in [1.82, 2.24) is 9.55 Å². The lowest BCUT2D eigenvalue weighted by molar-refractivity contribution is 0.408. The topological polar surface area (TPSA) is 53.1 Å². The quantitative estimate of drug-likeness (QED) is 0.798. The van der Waals surface area contributed by atoms with Crippen LogP contribution in [-0.2, 0) is 18.4 Å². The minimum absolute atomic E-state index is 0.0687. The molecule has 1 aliphatic carbocycles. The summed E-state index contributed by atoms with van der Waals surface area (Å²) in [5.41, 5.74) is 8.33. The molecule has 3 rings (SSSR count). The first-order valence-corrected chi connectivity index (χ1v) is 7.99. The highest BCUT2D eigenvalue weighted by Crippen LogP contribution is 2.49. The van der Waals surface area contributed by atoms with Crippen molar-refractivity contribution in [2.24, 2.45) is 5.73 Å². The van der Waals surface area contributed by atoms with E-state index in [0.29, 0.717) is 4.99 Å². The Kier molecular flexibility index (Phi) is 4.16. The molecule has 0 amide bonds. The molecule has 1 aliphatic rings. The van der Waals surface area contributed by atoms with E-state index in [9.17, 15) is 0 Å². The van der Waals surface area contributed by atoms with E-state index in [-0.39, 0.29) is 5.41 Å². The Balaban J connectivity index is 1.75. The molecule has 1 fully saturated rings. The number of nitrogens with zero attached hydrogens (tertiary/aromatic N) is 2. The molecule has 1 aromatic carbocycles. The van der Waals surface area contributed by atoms with Crippen molar-refractivity contribution in [3.63, 3.8) is 0 Å². The van der Waals surface area contributed by atoms with Crippen LogP contribution in [0, 0.1) is 0 Å². The first kappa shape index (κ1) is 15.0. The highest BCUT2D eigenvalue weighted by Gasteiger charge is 2.47. The van der Waals surface area contributed by atoms with Gasteiger partial charge in [0.2, 0.25) is 0 Å². The molecule has 0 radical (unpaired) electrons. The van der Waals surface area contributed by atoms with Gasteiger partial charge in [-0.1, -0.05) is 24.4 Å². The lowest BCUT2D eigenvalue weighted by Crippen LogP contribution is -2.26. The number of benzene rings is 1. The van der Waals surface area contributed by atoms with Gasteiger partial charge in [0.25, 0.3) is 0 Å². The lowest BCUT2D eigenvalue weighted by Gasteiger charge is -2.17. The molecule has 0 saturated heterocycles. The maximum absolute atomic E-state index is 5.94. The van der Waals surface area contributed by atoms with Crippen molar-refractivity contribution in [3.05, 3.63) is 48.0 Å². The van der Waals surface area contributed by atoms with Crippen molar-refractivity contribution in [3.8, 4) is 5.75 Å². The molecule has 0 spiro atoms. The van der Waals surface area contributed by atoms with Gasteiger partial charge in [0.05, 0.1) is 18.4 Å². The van der Waals surface area contributed by atoms with Crippen molar-refractivity contribution < 1.29 is 4.74 Å². The van der Waals surface area contributed by atoms with E-state index in [4.69, 9.17) is 22.7 Å². The number of rotatable bonds is 7. The molecular formula is C17H21N3OS. The van der Waals surface area contributed by atoms with Gasteiger partial charge in [-0.2, -0.15) is 0 Å². The molecule has 22 heavy (non-hydrogen) atoms. The van der Waals surface area contributed by atoms with Crippen LogP contribution >= 0.6 is 12.2 Å². The molecule has 0 atom stereocenters. The van der Waals surface area contributed by atoms with Crippen LogP contribution in [0.15, 0.2) is 36.9 Å². The Bertz CT molecular complexity index is 663. The third kappa shape index (κ3) is 2.86. The third-order valence-electron chi connectivity index (χ3n) is 4.48. The molecular weight excluding hydrogens is 294 g/mol. The summed E-state index contributed by atoms with van der Waals surface area (Å²) in [6.07, 6.45) is 9.75. The third-order valence-corrected chi connectivity index (χ3v) is 4.87. The molecule has 1 aromatic heterocycles. The molecule has 0 unspecified atom stereocenters. The van der Waals surface area contributed by atoms with Crippen LogP contribution in [0.1, 0.15) is 30.4 Å². The molecule has 1 saturated carbocycles. The Labute approximate surface area is 136 Å². The van der Waals surface area contributed by atoms with E-state index >= 15 is 0 Å². The van der Waals surface area contributed by atoms with E-state index in [0.717, 1.165) is 38.0 Å². The minimum atomic E-state index is -0.0687. The minimum Gasteiger partial charge on any atom is -0.496 e. The number of nitrogens with two attached hydrogens (primary N) is 1. The van der Waals surface area contributed by atoms with Gasteiger partial charge in [-0.15, -0.1) is 0 Å². The SMILES string of the molecule is COc1ccc(C2(C(N)=S)CC2)cc1CCCn1ccnc1. The van der Waals surface area contributed by atoms with Gasteiger partial charge >= 0.3 is 0 Å².